The molecule has 1 aliphatic rings. The van der Waals surface area contributed by atoms with Crippen molar-refractivity contribution in [3.8, 4) is 11.5 Å². The van der Waals surface area contributed by atoms with E-state index in [1.54, 1.807) is 12.0 Å². The zero-order valence-corrected chi connectivity index (χ0v) is 20.0. The van der Waals surface area contributed by atoms with Crippen molar-refractivity contribution in [3.05, 3.63) is 54.1 Å². The molecule has 0 unspecified atom stereocenters. The molecule has 4 aromatic rings. The Morgan fingerprint density at radius 2 is 1.94 bits per heavy atom. The number of benzene rings is 2. The second-order valence-electron chi connectivity index (χ2n) is 8.59. The molecule has 0 bridgehead atoms. The third kappa shape index (κ3) is 4.01. The van der Waals surface area contributed by atoms with E-state index >= 15 is 0 Å². The zero-order valence-electron chi connectivity index (χ0n) is 19.2. The first-order chi connectivity index (χ1) is 15.5. The fourth-order valence-electron chi connectivity index (χ4n) is 4.91. The van der Waals surface area contributed by atoms with Gasteiger partial charge in [0.2, 0.25) is 0 Å². The highest BCUT2D eigenvalue weighted by Gasteiger charge is 2.29. The summed E-state index contributed by atoms with van der Waals surface area (Å²) in [7, 11) is 3.69. The lowest BCUT2D eigenvalue weighted by Gasteiger charge is -2.35. The predicted molar refractivity (Wildman–Crippen MR) is 134 cm³/mol. The minimum Gasteiger partial charge on any atom is -0.380 e. The van der Waals surface area contributed by atoms with E-state index in [1.807, 2.05) is 25.2 Å². The molecule has 5 rings (SSSR count). The lowest BCUT2D eigenvalue weighted by molar-refractivity contribution is 0.0211. The highest BCUT2D eigenvalue weighted by atomic mass is 35.5. The van der Waals surface area contributed by atoms with Crippen molar-refractivity contribution in [2.24, 2.45) is 12.8 Å². The number of amides is 1. The van der Waals surface area contributed by atoms with Crippen LogP contribution in [-0.4, -0.2) is 57.3 Å². The fraction of sp³-hybridized carbons (Fsp3) is 0.360. The third-order valence-electron chi connectivity index (χ3n) is 6.55. The lowest BCUT2D eigenvalue weighted by Crippen LogP contribution is -2.51. The molecule has 2 N–H and O–H groups in total. The molecule has 0 saturated carbocycles. The molecule has 1 fully saturated rings. The number of para-hydroxylation sites is 1. The molecular formula is C25H30ClN5O2. The molecule has 1 saturated heterocycles. The van der Waals surface area contributed by atoms with Gasteiger partial charge in [-0.2, -0.15) is 0 Å². The van der Waals surface area contributed by atoms with Crippen LogP contribution in [0.1, 0.15) is 23.7 Å². The van der Waals surface area contributed by atoms with E-state index in [9.17, 15) is 4.79 Å². The van der Waals surface area contributed by atoms with E-state index in [-0.39, 0.29) is 30.5 Å². The number of nitrogens with zero attached hydrogens (tertiary/aromatic N) is 4. The molecule has 0 aliphatic carbocycles. The van der Waals surface area contributed by atoms with Crippen LogP contribution in [0.15, 0.2) is 48.5 Å². The Bertz CT molecular complexity index is 1310. The minimum atomic E-state index is -0.0706. The molecule has 7 nitrogen and oxygen atoms in total. The Labute approximate surface area is 199 Å². The third-order valence-corrected chi connectivity index (χ3v) is 6.55. The first kappa shape index (κ1) is 23.3. The fourth-order valence-corrected chi connectivity index (χ4v) is 4.91. The van der Waals surface area contributed by atoms with Crippen LogP contribution in [0.3, 0.4) is 0 Å². The number of aryl methyl sites for hydroxylation is 2. The maximum absolute atomic E-state index is 13.2. The maximum atomic E-state index is 13.2. The van der Waals surface area contributed by atoms with Crippen molar-refractivity contribution in [1.82, 2.24) is 19.0 Å². The molecular weight excluding hydrogens is 438 g/mol. The average Bonchev–Trinajstić information content (AvgIpc) is 3.34. The average molecular weight is 468 g/mol. The molecule has 33 heavy (non-hydrogen) atoms. The summed E-state index contributed by atoms with van der Waals surface area (Å²) < 4.78 is 9.85. The summed E-state index contributed by atoms with van der Waals surface area (Å²) in [6, 6.07) is 16.3. The van der Waals surface area contributed by atoms with Gasteiger partial charge in [0, 0.05) is 56.3 Å². The van der Waals surface area contributed by atoms with Gasteiger partial charge in [0.25, 0.3) is 5.91 Å². The quantitative estimate of drug-likeness (QED) is 0.494. The van der Waals surface area contributed by atoms with Gasteiger partial charge in [-0.05, 0) is 43.7 Å². The second kappa shape index (κ2) is 9.17. The van der Waals surface area contributed by atoms with Gasteiger partial charge in [-0.25, -0.2) is 4.98 Å². The molecule has 8 heteroatoms. The van der Waals surface area contributed by atoms with Crippen molar-refractivity contribution in [2.75, 3.05) is 20.2 Å². The number of likely N-dealkylation sites (tertiary alicyclic amines) is 1. The number of carbonyl (C=O) groups is 1. The molecule has 1 amide bonds. The Balaban J connectivity index is 0.00000259. The van der Waals surface area contributed by atoms with E-state index in [2.05, 4.69) is 46.4 Å². The van der Waals surface area contributed by atoms with Gasteiger partial charge in [0.05, 0.1) is 22.8 Å². The standard InChI is InChI=1S/C25H29N5O2.ClH/c1-4-30-21-8-6-5-7-16(21)12-23(30)24-27-20-11-17(9-10-22(20)28(24)2)25(31)29-14-18(26)13-19(15-29)32-3;/h5-12,18-19H,4,13-15,26H2,1-3H3;1H/t18-,19-;/m1./s1. The van der Waals surface area contributed by atoms with Crippen molar-refractivity contribution in [2.45, 2.75) is 32.0 Å². The van der Waals surface area contributed by atoms with Crippen LogP contribution in [0.4, 0.5) is 0 Å². The van der Waals surface area contributed by atoms with Crippen LogP contribution in [-0.2, 0) is 18.3 Å². The van der Waals surface area contributed by atoms with Gasteiger partial charge in [0.1, 0.15) is 0 Å². The number of imidazole rings is 1. The number of aromatic nitrogens is 3. The van der Waals surface area contributed by atoms with E-state index in [1.165, 1.54) is 10.9 Å². The molecule has 2 aromatic heterocycles. The van der Waals surface area contributed by atoms with Gasteiger partial charge in [-0.1, -0.05) is 18.2 Å². The SMILES string of the molecule is CCn1c(-c2nc3cc(C(=O)N4C[C@H](N)C[C@@H](OC)C4)ccc3n2C)cc2ccccc21.Cl. The molecule has 2 aromatic carbocycles. The first-order valence-electron chi connectivity index (χ1n) is 11.1. The molecule has 0 spiro atoms. The van der Waals surface area contributed by atoms with Gasteiger partial charge in [0.15, 0.2) is 5.82 Å². The number of halogens is 1. The van der Waals surface area contributed by atoms with Gasteiger partial charge < -0.3 is 24.5 Å². The highest BCUT2D eigenvalue weighted by Crippen LogP contribution is 2.30. The Morgan fingerprint density at radius 1 is 1.15 bits per heavy atom. The van der Waals surface area contributed by atoms with Crippen molar-refractivity contribution < 1.29 is 9.53 Å². The summed E-state index contributed by atoms with van der Waals surface area (Å²) in [5, 5.41) is 1.20. The number of methoxy groups -OCH3 is 1. The molecule has 0 radical (unpaired) electrons. The van der Waals surface area contributed by atoms with E-state index in [4.69, 9.17) is 15.5 Å². The van der Waals surface area contributed by atoms with E-state index in [0.29, 0.717) is 18.7 Å². The lowest BCUT2D eigenvalue weighted by atomic mass is 10.0. The van der Waals surface area contributed by atoms with Crippen LogP contribution in [0, 0.1) is 0 Å². The Hall–Kier alpha value is -2.87. The van der Waals surface area contributed by atoms with Gasteiger partial charge in [-0.3, -0.25) is 4.79 Å². The summed E-state index contributed by atoms with van der Waals surface area (Å²) in [5.74, 6) is 0.862. The van der Waals surface area contributed by atoms with Crippen LogP contribution in [0.25, 0.3) is 33.5 Å². The number of fused-ring (bicyclic) bond motifs is 2. The number of nitrogens with two attached hydrogens (primary N) is 1. The zero-order chi connectivity index (χ0) is 22.4. The minimum absolute atomic E-state index is 0. The number of hydrogen-bond acceptors (Lipinski definition) is 4. The number of piperidine rings is 1. The second-order valence-corrected chi connectivity index (χ2v) is 8.59. The van der Waals surface area contributed by atoms with Crippen LogP contribution in [0.5, 0.6) is 0 Å². The van der Waals surface area contributed by atoms with Gasteiger partial charge in [-0.15, -0.1) is 12.4 Å². The molecule has 174 valence electrons. The van der Waals surface area contributed by atoms with Crippen LogP contribution in [0.2, 0.25) is 0 Å². The van der Waals surface area contributed by atoms with E-state index in [0.717, 1.165) is 35.5 Å². The van der Waals surface area contributed by atoms with Crippen molar-refractivity contribution >= 4 is 40.3 Å². The maximum Gasteiger partial charge on any atom is 0.254 e. The predicted octanol–water partition coefficient (Wildman–Crippen LogP) is 3.82. The smallest absolute Gasteiger partial charge is 0.254 e. The first-order valence-corrected chi connectivity index (χ1v) is 11.1. The largest absolute Gasteiger partial charge is 0.380 e. The van der Waals surface area contributed by atoms with Crippen LogP contribution < -0.4 is 5.73 Å². The summed E-state index contributed by atoms with van der Waals surface area (Å²) >= 11 is 0. The van der Waals surface area contributed by atoms with Crippen molar-refractivity contribution in [3.63, 3.8) is 0 Å². The number of rotatable bonds is 4. The molecule has 3 heterocycles. The normalized spacial score (nSPS) is 18.6. The summed E-state index contributed by atoms with van der Waals surface area (Å²) in [4.78, 5) is 19.9. The topological polar surface area (TPSA) is 78.3 Å². The van der Waals surface area contributed by atoms with Gasteiger partial charge >= 0.3 is 0 Å². The van der Waals surface area contributed by atoms with Crippen LogP contribution >= 0.6 is 12.4 Å². The Morgan fingerprint density at radius 3 is 2.70 bits per heavy atom. The number of ether oxygens (including phenoxy) is 1. The highest BCUT2D eigenvalue weighted by molar-refractivity contribution is 5.98. The molecule has 2 atom stereocenters. The summed E-state index contributed by atoms with van der Waals surface area (Å²) in [5.41, 5.74) is 10.9. The van der Waals surface area contributed by atoms with Crippen molar-refractivity contribution in [1.29, 1.82) is 0 Å². The number of hydrogen-bond donors (Lipinski definition) is 1. The monoisotopic (exact) mass is 467 g/mol. The molecule has 1 aliphatic heterocycles. The summed E-state index contributed by atoms with van der Waals surface area (Å²) in [6.07, 6.45) is 0.748. The number of carbonyl (C=O) groups excluding carboxylic acids is 1. The Kier molecular flexibility index (Phi) is 6.47. The van der Waals surface area contributed by atoms with E-state index < -0.39 is 0 Å². The summed E-state index contributed by atoms with van der Waals surface area (Å²) in [6.45, 7) is 4.10.